The second kappa shape index (κ2) is 7.68. The number of carbonyl (C=O) groups is 1. The molecule has 0 saturated carbocycles. The van der Waals surface area contributed by atoms with Crippen LogP contribution in [0.15, 0.2) is 42.5 Å². The summed E-state index contributed by atoms with van der Waals surface area (Å²) < 4.78 is 10.8. The van der Waals surface area contributed by atoms with Gasteiger partial charge in [-0.25, -0.2) is 0 Å². The molecule has 2 aromatic carbocycles. The van der Waals surface area contributed by atoms with E-state index in [4.69, 9.17) is 9.47 Å². The number of carbonyl (C=O) groups excluding carboxylic acids is 1. The second-order valence-electron chi connectivity index (χ2n) is 5.63. The molecule has 2 aromatic rings. The number of aryl methyl sites for hydroxylation is 2. The predicted molar refractivity (Wildman–Crippen MR) is 91.4 cm³/mol. The monoisotopic (exact) mass is 313 g/mol. The van der Waals surface area contributed by atoms with E-state index in [-0.39, 0.29) is 5.91 Å². The highest BCUT2D eigenvalue weighted by atomic mass is 16.5. The molecular formula is C19H23NO3. The summed E-state index contributed by atoms with van der Waals surface area (Å²) >= 11 is 0. The first kappa shape index (κ1) is 16.9. The maximum Gasteiger partial charge on any atom is 0.253 e. The quantitative estimate of drug-likeness (QED) is 0.820. The molecule has 0 atom stereocenters. The number of hydrogen-bond acceptors (Lipinski definition) is 3. The molecule has 0 aromatic heterocycles. The summed E-state index contributed by atoms with van der Waals surface area (Å²) in [6.07, 6.45) is 0. The zero-order valence-corrected chi connectivity index (χ0v) is 14.1. The minimum Gasteiger partial charge on any atom is -0.497 e. The Morgan fingerprint density at radius 2 is 1.57 bits per heavy atom. The van der Waals surface area contributed by atoms with Crippen LogP contribution >= 0.6 is 0 Å². The van der Waals surface area contributed by atoms with Gasteiger partial charge in [-0.1, -0.05) is 17.2 Å². The molecule has 0 aliphatic heterocycles. The van der Waals surface area contributed by atoms with Gasteiger partial charge in [-0.15, -0.1) is 0 Å². The van der Waals surface area contributed by atoms with Crippen molar-refractivity contribution in [2.45, 2.75) is 13.8 Å². The van der Waals surface area contributed by atoms with Gasteiger partial charge in [0.25, 0.3) is 5.91 Å². The van der Waals surface area contributed by atoms with Gasteiger partial charge in [0.2, 0.25) is 0 Å². The highest BCUT2D eigenvalue weighted by Gasteiger charge is 2.12. The SMILES string of the molecule is COc1ccc(OCCN(C)C(=O)c2cc(C)cc(C)c2)cc1. The van der Waals surface area contributed by atoms with E-state index in [0.717, 1.165) is 28.2 Å². The molecule has 1 amide bonds. The Morgan fingerprint density at radius 3 is 2.13 bits per heavy atom. The average molecular weight is 313 g/mol. The molecule has 0 saturated heterocycles. The fraction of sp³-hybridized carbons (Fsp3) is 0.316. The largest absolute Gasteiger partial charge is 0.497 e. The van der Waals surface area contributed by atoms with Crippen molar-refractivity contribution in [3.63, 3.8) is 0 Å². The maximum atomic E-state index is 12.4. The van der Waals surface area contributed by atoms with Crippen molar-refractivity contribution in [2.75, 3.05) is 27.3 Å². The summed E-state index contributed by atoms with van der Waals surface area (Å²) in [6, 6.07) is 13.3. The molecule has 23 heavy (non-hydrogen) atoms. The lowest BCUT2D eigenvalue weighted by atomic mass is 10.1. The van der Waals surface area contributed by atoms with Gasteiger partial charge in [0.15, 0.2) is 0 Å². The Morgan fingerprint density at radius 1 is 1.00 bits per heavy atom. The van der Waals surface area contributed by atoms with Crippen LogP contribution in [0.2, 0.25) is 0 Å². The zero-order chi connectivity index (χ0) is 16.8. The topological polar surface area (TPSA) is 38.8 Å². The van der Waals surface area contributed by atoms with Crippen molar-refractivity contribution in [1.82, 2.24) is 4.90 Å². The minimum atomic E-state index is 0.00938. The summed E-state index contributed by atoms with van der Waals surface area (Å²) in [4.78, 5) is 14.1. The fourth-order valence-corrected chi connectivity index (χ4v) is 2.39. The Hall–Kier alpha value is -2.49. The Bertz CT molecular complexity index is 645. The van der Waals surface area contributed by atoms with Crippen LogP contribution in [-0.4, -0.2) is 38.1 Å². The van der Waals surface area contributed by atoms with E-state index in [2.05, 4.69) is 6.07 Å². The molecule has 0 fully saturated rings. The van der Waals surface area contributed by atoms with Crippen molar-refractivity contribution < 1.29 is 14.3 Å². The van der Waals surface area contributed by atoms with Gasteiger partial charge in [0.05, 0.1) is 13.7 Å². The van der Waals surface area contributed by atoms with Crippen molar-refractivity contribution in [3.8, 4) is 11.5 Å². The lowest BCUT2D eigenvalue weighted by Crippen LogP contribution is -2.31. The van der Waals surface area contributed by atoms with Crippen molar-refractivity contribution in [3.05, 3.63) is 59.2 Å². The highest BCUT2D eigenvalue weighted by Crippen LogP contribution is 2.17. The molecule has 0 radical (unpaired) electrons. The lowest BCUT2D eigenvalue weighted by Gasteiger charge is -2.18. The number of rotatable bonds is 6. The van der Waals surface area contributed by atoms with Crippen molar-refractivity contribution in [2.24, 2.45) is 0 Å². The predicted octanol–water partition coefficient (Wildman–Crippen LogP) is 3.46. The molecule has 4 nitrogen and oxygen atoms in total. The van der Waals surface area contributed by atoms with Gasteiger partial charge in [0.1, 0.15) is 18.1 Å². The molecular weight excluding hydrogens is 290 g/mol. The van der Waals surface area contributed by atoms with Crippen LogP contribution in [0.5, 0.6) is 11.5 Å². The summed E-state index contributed by atoms with van der Waals surface area (Å²) in [5, 5.41) is 0. The lowest BCUT2D eigenvalue weighted by molar-refractivity contribution is 0.0773. The molecule has 0 N–H and O–H groups in total. The van der Waals surface area contributed by atoms with Gasteiger partial charge >= 0.3 is 0 Å². The van der Waals surface area contributed by atoms with E-state index in [0.29, 0.717) is 13.2 Å². The Kier molecular flexibility index (Phi) is 5.63. The number of nitrogens with zero attached hydrogens (tertiary/aromatic N) is 1. The number of amides is 1. The van der Waals surface area contributed by atoms with Crippen LogP contribution in [0.3, 0.4) is 0 Å². The molecule has 0 bridgehead atoms. The van der Waals surface area contributed by atoms with Crippen LogP contribution in [0.1, 0.15) is 21.5 Å². The molecule has 4 heteroatoms. The Labute approximate surface area is 137 Å². The van der Waals surface area contributed by atoms with E-state index >= 15 is 0 Å². The van der Waals surface area contributed by atoms with Crippen LogP contribution in [0, 0.1) is 13.8 Å². The van der Waals surface area contributed by atoms with E-state index < -0.39 is 0 Å². The highest BCUT2D eigenvalue weighted by molar-refractivity contribution is 5.94. The van der Waals surface area contributed by atoms with Crippen molar-refractivity contribution in [1.29, 1.82) is 0 Å². The van der Waals surface area contributed by atoms with E-state index in [1.165, 1.54) is 0 Å². The van der Waals surface area contributed by atoms with Crippen molar-refractivity contribution >= 4 is 5.91 Å². The number of ether oxygens (including phenoxy) is 2. The van der Waals surface area contributed by atoms with Crippen LogP contribution in [-0.2, 0) is 0 Å². The number of hydrogen-bond donors (Lipinski definition) is 0. The van der Waals surface area contributed by atoms with Crippen LogP contribution in [0.4, 0.5) is 0 Å². The van der Waals surface area contributed by atoms with Crippen LogP contribution < -0.4 is 9.47 Å². The maximum absolute atomic E-state index is 12.4. The number of likely N-dealkylation sites (N-methyl/N-ethyl adjacent to an activating group) is 1. The van der Waals surface area contributed by atoms with E-state index in [9.17, 15) is 4.79 Å². The molecule has 0 aliphatic carbocycles. The first-order valence-electron chi connectivity index (χ1n) is 7.60. The molecule has 0 aliphatic rings. The molecule has 2 rings (SSSR count). The van der Waals surface area contributed by atoms with E-state index in [1.807, 2.05) is 50.2 Å². The van der Waals surface area contributed by atoms with Gasteiger partial charge in [-0.05, 0) is 50.2 Å². The summed E-state index contributed by atoms with van der Waals surface area (Å²) in [7, 11) is 3.42. The van der Waals surface area contributed by atoms with Gasteiger partial charge in [-0.2, -0.15) is 0 Å². The van der Waals surface area contributed by atoms with Gasteiger partial charge < -0.3 is 14.4 Å². The summed E-state index contributed by atoms with van der Waals surface area (Å²) in [6.45, 7) is 4.96. The Balaban J connectivity index is 1.88. The van der Waals surface area contributed by atoms with Gasteiger partial charge in [0, 0.05) is 12.6 Å². The third-order valence-electron chi connectivity index (χ3n) is 3.57. The van der Waals surface area contributed by atoms with Crippen LogP contribution in [0.25, 0.3) is 0 Å². The fourth-order valence-electron chi connectivity index (χ4n) is 2.39. The molecule has 0 unspecified atom stereocenters. The normalized spacial score (nSPS) is 10.3. The van der Waals surface area contributed by atoms with Gasteiger partial charge in [-0.3, -0.25) is 4.79 Å². The number of methoxy groups -OCH3 is 1. The second-order valence-corrected chi connectivity index (χ2v) is 5.63. The first-order valence-corrected chi connectivity index (χ1v) is 7.60. The zero-order valence-electron chi connectivity index (χ0n) is 14.1. The minimum absolute atomic E-state index is 0.00938. The summed E-state index contributed by atoms with van der Waals surface area (Å²) in [5.41, 5.74) is 2.90. The molecule has 0 spiro atoms. The molecule has 0 heterocycles. The first-order chi connectivity index (χ1) is 11.0. The number of benzene rings is 2. The molecule has 122 valence electrons. The summed E-state index contributed by atoms with van der Waals surface area (Å²) in [5.74, 6) is 1.56. The van der Waals surface area contributed by atoms with E-state index in [1.54, 1.807) is 19.1 Å². The third-order valence-corrected chi connectivity index (χ3v) is 3.57. The smallest absolute Gasteiger partial charge is 0.253 e. The standard InChI is InChI=1S/C19H23NO3/c1-14-11-15(2)13-16(12-14)19(21)20(3)9-10-23-18-7-5-17(22-4)6-8-18/h5-8,11-13H,9-10H2,1-4H3. The average Bonchev–Trinajstić information content (AvgIpc) is 2.53. The third kappa shape index (κ3) is 4.74.